The number of ether oxygens (including phenoxy) is 1. The second-order valence-electron chi connectivity index (χ2n) is 2.85. The maximum atomic E-state index is 9.03. The Labute approximate surface area is 76.4 Å². The van der Waals surface area contributed by atoms with E-state index in [-0.39, 0.29) is 0 Å². The Hall–Kier alpha value is -1.26. The van der Waals surface area contributed by atoms with Crippen LogP contribution in [0.3, 0.4) is 0 Å². The van der Waals surface area contributed by atoms with Crippen LogP contribution in [0.25, 0.3) is 6.08 Å². The highest BCUT2D eigenvalue weighted by Crippen LogP contribution is 2.20. The highest BCUT2D eigenvalue weighted by atomic mass is 16.5. The van der Waals surface area contributed by atoms with Crippen molar-refractivity contribution in [1.82, 2.24) is 0 Å². The Morgan fingerprint density at radius 2 is 2.15 bits per heavy atom. The third-order valence-corrected chi connectivity index (χ3v) is 1.98. The standard InChI is InChI=1S/C9H9BO3/c11-10(12)8-5-1-3-7-4-2-6-13-9(7)8/h1-5,11-12H,6H2. The van der Waals surface area contributed by atoms with E-state index in [9.17, 15) is 0 Å². The first-order chi connectivity index (χ1) is 6.29. The number of para-hydroxylation sites is 1. The lowest BCUT2D eigenvalue weighted by Gasteiger charge is -2.15. The SMILES string of the molecule is OB(O)c1cccc2c1OCC=C2. The van der Waals surface area contributed by atoms with Crippen molar-refractivity contribution in [2.45, 2.75) is 0 Å². The monoisotopic (exact) mass is 176 g/mol. The molecule has 1 aliphatic rings. The summed E-state index contributed by atoms with van der Waals surface area (Å²) in [4.78, 5) is 0. The molecule has 0 unspecified atom stereocenters. The zero-order valence-corrected chi connectivity index (χ0v) is 6.97. The molecule has 0 saturated carbocycles. The van der Waals surface area contributed by atoms with E-state index in [0.29, 0.717) is 17.8 Å². The fourth-order valence-corrected chi connectivity index (χ4v) is 1.38. The summed E-state index contributed by atoms with van der Waals surface area (Å²) in [5.41, 5.74) is 1.30. The first-order valence-electron chi connectivity index (χ1n) is 4.07. The van der Waals surface area contributed by atoms with E-state index < -0.39 is 7.12 Å². The van der Waals surface area contributed by atoms with Crippen molar-refractivity contribution in [3.8, 4) is 5.75 Å². The zero-order chi connectivity index (χ0) is 9.26. The molecule has 1 aromatic carbocycles. The van der Waals surface area contributed by atoms with Gasteiger partial charge in [0, 0.05) is 11.0 Å². The van der Waals surface area contributed by atoms with Gasteiger partial charge in [0.1, 0.15) is 12.4 Å². The summed E-state index contributed by atoms with van der Waals surface area (Å²) < 4.78 is 5.31. The lowest BCUT2D eigenvalue weighted by Crippen LogP contribution is -2.32. The minimum absolute atomic E-state index is 0.418. The van der Waals surface area contributed by atoms with Gasteiger partial charge in [-0.05, 0) is 6.08 Å². The van der Waals surface area contributed by atoms with E-state index in [0.717, 1.165) is 5.56 Å². The number of hydrogen-bond donors (Lipinski definition) is 2. The Balaban J connectivity index is 2.53. The summed E-state index contributed by atoms with van der Waals surface area (Å²) in [6.07, 6.45) is 3.79. The molecule has 0 bridgehead atoms. The Kier molecular flexibility index (Phi) is 2.08. The van der Waals surface area contributed by atoms with Crippen LogP contribution < -0.4 is 10.2 Å². The predicted octanol–water partition coefficient (Wildman–Crippen LogP) is -0.228. The molecule has 0 aromatic heterocycles. The number of fused-ring (bicyclic) bond motifs is 1. The summed E-state index contributed by atoms with van der Waals surface area (Å²) in [5, 5.41) is 18.1. The highest BCUT2D eigenvalue weighted by molar-refractivity contribution is 6.59. The molecule has 0 fully saturated rings. The second kappa shape index (κ2) is 3.24. The van der Waals surface area contributed by atoms with Crippen molar-refractivity contribution in [1.29, 1.82) is 0 Å². The van der Waals surface area contributed by atoms with Crippen LogP contribution in [0.1, 0.15) is 5.56 Å². The molecule has 0 saturated heterocycles. The normalized spacial score (nSPS) is 13.4. The van der Waals surface area contributed by atoms with Crippen LogP contribution in [0, 0.1) is 0 Å². The molecule has 1 aromatic rings. The summed E-state index contributed by atoms with van der Waals surface area (Å²) in [6, 6.07) is 5.28. The first-order valence-corrected chi connectivity index (χ1v) is 4.07. The van der Waals surface area contributed by atoms with Crippen molar-refractivity contribution in [3.63, 3.8) is 0 Å². The van der Waals surface area contributed by atoms with E-state index >= 15 is 0 Å². The molecule has 0 amide bonds. The van der Waals surface area contributed by atoms with Crippen LogP contribution in [0.15, 0.2) is 24.3 Å². The van der Waals surface area contributed by atoms with Gasteiger partial charge in [0.05, 0.1) is 0 Å². The molecule has 0 spiro atoms. The van der Waals surface area contributed by atoms with Gasteiger partial charge < -0.3 is 14.8 Å². The maximum Gasteiger partial charge on any atom is 0.492 e. The first kappa shape index (κ1) is 8.35. The largest absolute Gasteiger partial charge is 0.492 e. The minimum atomic E-state index is -1.47. The van der Waals surface area contributed by atoms with Gasteiger partial charge >= 0.3 is 7.12 Å². The van der Waals surface area contributed by atoms with E-state index in [4.69, 9.17) is 14.8 Å². The van der Waals surface area contributed by atoms with Crippen LogP contribution in [0.2, 0.25) is 0 Å². The average molecular weight is 176 g/mol. The van der Waals surface area contributed by atoms with Crippen LogP contribution in [0.5, 0.6) is 5.75 Å². The van der Waals surface area contributed by atoms with Crippen LogP contribution in [-0.2, 0) is 0 Å². The molecule has 0 aliphatic carbocycles. The van der Waals surface area contributed by atoms with Crippen LogP contribution >= 0.6 is 0 Å². The third-order valence-electron chi connectivity index (χ3n) is 1.98. The average Bonchev–Trinajstić information content (AvgIpc) is 2.17. The van der Waals surface area contributed by atoms with Gasteiger partial charge in [0.2, 0.25) is 0 Å². The number of benzene rings is 1. The molecule has 4 heteroatoms. The van der Waals surface area contributed by atoms with Gasteiger partial charge in [-0.1, -0.05) is 24.3 Å². The Morgan fingerprint density at radius 1 is 1.31 bits per heavy atom. The Bertz CT molecular complexity index is 347. The van der Waals surface area contributed by atoms with Gasteiger partial charge in [0.25, 0.3) is 0 Å². The number of rotatable bonds is 1. The molecule has 3 nitrogen and oxygen atoms in total. The van der Waals surface area contributed by atoms with E-state index in [1.54, 1.807) is 12.1 Å². The molecule has 13 heavy (non-hydrogen) atoms. The van der Waals surface area contributed by atoms with Gasteiger partial charge in [-0.2, -0.15) is 0 Å². The smallest absolute Gasteiger partial charge is 0.489 e. The van der Waals surface area contributed by atoms with Gasteiger partial charge in [-0.15, -0.1) is 0 Å². The maximum absolute atomic E-state index is 9.03. The summed E-state index contributed by atoms with van der Waals surface area (Å²) in [6.45, 7) is 0.483. The lowest BCUT2D eigenvalue weighted by atomic mass is 9.78. The second-order valence-corrected chi connectivity index (χ2v) is 2.85. The topological polar surface area (TPSA) is 49.7 Å². The molecule has 66 valence electrons. The van der Waals surface area contributed by atoms with Crippen LogP contribution in [-0.4, -0.2) is 23.8 Å². The van der Waals surface area contributed by atoms with Crippen LogP contribution in [0.4, 0.5) is 0 Å². The quantitative estimate of drug-likeness (QED) is 0.581. The van der Waals surface area contributed by atoms with Crippen molar-refractivity contribution in [3.05, 3.63) is 29.8 Å². The summed E-state index contributed by atoms with van der Waals surface area (Å²) in [7, 11) is -1.47. The molecule has 0 radical (unpaired) electrons. The zero-order valence-electron chi connectivity index (χ0n) is 6.97. The van der Waals surface area contributed by atoms with E-state index in [2.05, 4.69) is 0 Å². The van der Waals surface area contributed by atoms with E-state index in [1.807, 2.05) is 18.2 Å². The lowest BCUT2D eigenvalue weighted by molar-refractivity contribution is 0.357. The van der Waals surface area contributed by atoms with Crippen molar-refractivity contribution in [2.75, 3.05) is 6.61 Å². The van der Waals surface area contributed by atoms with Crippen molar-refractivity contribution < 1.29 is 14.8 Å². The fourth-order valence-electron chi connectivity index (χ4n) is 1.38. The molecular weight excluding hydrogens is 167 g/mol. The van der Waals surface area contributed by atoms with Crippen molar-refractivity contribution in [2.24, 2.45) is 0 Å². The molecule has 2 N–H and O–H groups in total. The van der Waals surface area contributed by atoms with Gasteiger partial charge in [0.15, 0.2) is 0 Å². The van der Waals surface area contributed by atoms with Gasteiger partial charge in [-0.3, -0.25) is 0 Å². The van der Waals surface area contributed by atoms with E-state index in [1.165, 1.54) is 0 Å². The van der Waals surface area contributed by atoms with Gasteiger partial charge in [-0.25, -0.2) is 0 Å². The summed E-state index contributed by atoms with van der Waals surface area (Å²) in [5.74, 6) is 0.569. The number of hydrogen-bond acceptors (Lipinski definition) is 3. The predicted molar refractivity (Wildman–Crippen MR) is 50.8 cm³/mol. The highest BCUT2D eigenvalue weighted by Gasteiger charge is 2.19. The van der Waals surface area contributed by atoms with Crippen molar-refractivity contribution >= 4 is 18.7 Å². The molecule has 0 atom stereocenters. The molecule has 1 aliphatic heterocycles. The minimum Gasteiger partial charge on any atom is -0.489 e. The molecule has 2 rings (SSSR count). The fraction of sp³-hybridized carbons (Fsp3) is 0.111. The summed E-state index contributed by atoms with van der Waals surface area (Å²) >= 11 is 0. The Morgan fingerprint density at radius 3 is 2.92 bits per heavy atom. The molecular formula is C9H9BO3. The molecule has 1 heterocycles. The third kappa shape index (κ3) is 1.46.